The summed E-state index contributed by atoms with van der Waals surface area (Å²) in [5, 5.41) is 2.15. The van der Waals surface area contributed by atoms with Crippen molar-refractivity contribution in [3.63, 3.8) is 0 Å². The van der Waals surface area contributed by atoms with Crippen LogP contribution in [-0.4, -0.2) is 11.1 Å². The van der Waals surface area contributed by atoms with Crippen LogP contribution >= 0.6 is 27.3 Å². The number of benzene rings is 1. The fourth-order valence-electron chi connectivity index (χ4n) is 1.69. The molecule has 2 rings (SSSR count). The topological polar surface area (TPSA) is 65.2 Å². The van der Waals surface area contributed by atoms with Gasteiger partial charge in [0.05, 0.1) is 5.69 Å². The zero-order valence-corrected chi connectivity index (χ0v) is 12.9. The highest BCUT2D eigenvalue weighted by Gasteiger charge is 2.26. The monoisotopic (exact) mass is 340 g/mol. The predicted octanol–water partition coefficient (Wildman–Crippen LogP) is 3.69. The number of primary amides is 1. The average molecular weight is 341 g/mol. The van der Waals surface area contributed by atoms with Crippen molar-refractivity contribution in [1.29, 1.82) is 0 Å². The lowest BCUT2D eigenvalue weighted by Gasteiger charge is -2.23. The Morgan fingerprint density at radius 2 is 2.00 bits per heavy atom. The first-order chi connectivity index (χ1) is 8.89. The molecular formula is C13H13BrN2O2S. The average Bonchev–Trinajstić information content (AvgIpc) is 2.78. The van der Waals surface area contributed by atoms with E-state index in [9.17, 15) is 4.79 Å². The van der Waals surface area contributed by atoms with Gasteiger partial charge in [-0.2, -0.15) is 0 Å². The van der Waals surface area contributed by atoms with Gasteiger partial charge >= 0.3 is 6.09 Å². The van der Waals surface area contributed by atoms with E-state index in [1.165, 1.54) is 11.3 Å². The first kappa shape index (κ1) is 14.0. The molecule has 1 heterocycles. The highest BCUT2D eigenvalue weighted by atomic mass is 79.9. The molecule has 0 atom stereocenters. The number of thiazole rings is 1. The SMILES string of the molecule is CC(C)(c1ccc(Br)cc1)c1csc(OC(N)=O)n1. The van der Waals surface area contributed by atoms with Crippen molar-refractivity contribution in [2.45, 2.75) is 19.3 Å². The van der Waals surface area contributed by atoms with E-state index in [-0.39, 0.29) is 10.6 Å². The van der Waals surface area contributed by atoms with Crippen LogP contribution in [0.2, 0.25) is 0 Å². The Bertz CT molecular complexity index is 593. The van der Waals surface area contributed by atoms with E-state index in [1.807, 2.05) is 29.6 Å². The van der Waals surface area contributed by atoms with Crippen LogP contribution in [-0.2, 0) is 5.41 Å². The van der Waals surface area contributed by atoms with Crippen LogP contribution in [0, 0.1) is 0 Å². The minimum absolute atomic E-state index is 0.267. The Kier molecular flexibility index (Phi) is 3.91. The second kappa shape index (κ2) is 5.30. The van der Waals surface area contributed by atoms with Gasteiger partial charge in [-0.25, -0.2) is 9.78 Å². The maximum absolute atomic E-state index is 10.7. The molecule has 0 aliphatic carbocycles. The van der Waals surface area contributed by atoms with Crippen molar-refractivity contribution < 1.29 is 9.53 Å². The Morgan fingerprint density at radius 3 is 2.58 bits per heavy atom. The van der Waals surface area contributed by atoms with Gasteiger partial charge in [0.2, 0.25) is 0 Å². The number of rotatable bonds is 3. The Balaban J connectivity index is 2.30. The summed E-state index contributed by atoms with van der Waals surface area (Å²) in [6, 6.07) is 8.06. The first-order valence-corrected chi connectivity index (χ1v) is 7.26. The first-order valence-electron chi connectivity index (χ1n) is 5.59. The quantitative estimate of drug-likeness (QED) is 0.926. The summed E-state index contributed by atoms with van der Waals surface area (Å²) < 4.78 is 5.81. The molecule has 1 aromatic heterocycles. The summed E-state index contributed by atoms with van der Waals surface area (Å²) in [6.07, 6.45) is -0.845. The zero-order valence-electron chi connectivity index (χ0n) is 10.5. The van der Waals surface area contributed by atoms with Crippen LogP contribution in [0.1, 0.15) is 25.1 Å². The van der Waals surface area contributed by atoms with E-state index >= 15 is 0 Å². The molecule has 0 radical (unpaired) electrons. The number of carbonyl (C=O) groups is 1. The molecule has 0 bridgehead atoms. The molecule has 2 N–H and O–H groups in total. The molecule has 1 aromatic carbocycles. The summed E-state index contributed by atoms with van der Waals surface area (Å²) >= 11 is 4.67. The summed E-state index contributed by atoms with van der Waals surface area (Å²) in [5.74, 6) is 0. The van der Waals surface area contributed by atoms with Crippen LogP contribution in [0.25, 0.3) is 0 Å². The minimum atomic E-state index is -0.845. The summed E-state index contributed by atoms with van der Waals surface area (Å²) in [4.78, 5) is 15.0. The Morgan fingerprint density at radius 1 is 1.37 bits per heavy atom. The highest BCUT2D eigenvalue weighted by Crippen LogP contribution is 2.34. The number of halogens is 1. The number of hydrogen-bond acceptors (Lipinski definition) is 4. The number of amides is 1. The second-order valence-corrected chi connectivity index (χ2v) is 6.29. The minimum Gasteiger partial charge on any atom is -0.381 e. The van der Waals surface area contributed by atoms with Crippen molar-refractivity contribution in [1.82, 2.24) is 4.98 Å². The molecule has 0 aliphatic rings. The summed E-state index contributed by atoms with van der Waals surface area (Å²) in [7, 11) is 0. The maximum Gasteiger partial charge on any atom is 0.411 e. The lowest BCUT2D eigenvalue weighted by atomic mass is 9.82. The molecule has 1 amide bonds. The smallest absolute Gasteiger partial charge is 0.381 e. The van der Waals surface area contributed by atoms with Gasteiger partial charge in [0.25, 0.3) is 5.19 Å². The maximum atomic E-state index is 10.7. The van der Waals surface area contributed by atoms with Crippen LogP contribution in [0.4, 0.5) is 4.79 Å². The van der Waals surface area contributed by atoms with Gasteiger partial charge < -0.3 is 10.5 Å². The predicted molar refractivity (Wildman–Crippen MR) is 78.6 cm³/mol. The van der Waals surface area contributed by atoms with E-state index in [0.717, 1.165) is 15.7 Å². The molecule has 2 aromatic rings. The van der Waals surface area contributed by atoms with Crippen LogP contribution in [0.3, 0.4) is 0 Å². The molecule has 0 unspecified atom stereocenters. The molecule has 100 valence electrons. The van der Waals surface area contributed by atoms with E-state index in [2.05, 4.69) is 34.8 Å². The number of hydrogen-bond donors (Lipinski definition) is 1. The molecule has 0 aliphatic heterocycles. The zero-order chi connectivity index (χ0) is 14.0. The largest absolute Gasteiger partial charge is 0.411 e. The lowest BCUT2D eigenvalue weighted by molar-refractivity contribution is 0.210. The van der Waals surface area contributed by atoms with Crippen LogP contribution < -0.4 is 10.5 Å². The fourth-order valence-corrected chi connectivity index (χ4v) is 2.80. The van der Waals surface area contributed by atoms with E-state index in [1.54, 1.807) is 0 Å². The van der Waals surface area contributed by atoms with Gasteiger partial charge in [-0.3, -0.25) is 0 Å². The van der Waals surface area contributed by atoms with E-state index in [0.29, 0.717) is 0 Å². The summed E-state index contributed by atoms with van der Waals surface area (Å²) in [5.41, 5.74) is 6.68. The van der Waals surface area contributed by atoms with Gasteiger partial charge in [-0.15, -0.1) is 0 Å². The third-order valence-corrected chi connectivity index (χ3v) is 4.12. The molecule has 0 saturated carbocycles. The molecule has 19 heavy (non-hydrogen) atoms. The number of carbonyl (C=O) groups excluding carboxylic acids is 1. The van der Waals surface area contributed by atoms with Crippen molar-refractivity contribution in [3.8, 4) is 5.19 Å². The third kappa shape index (κ3) is 3.13. The number of aromatic nitrogens is 1. The number of nitrogens with zero attached hydrogens (tertiary/aromatic N) is 1. The van der Waals surface area contributed by atoms with Crippen molar-refractivity contribution in [3.05, 3.63) is 45.4 Å². The number of nitrogens with two attached hydrogens (primary N) is 1. The molecule has 0 spiro atoms. The second-order valence-electron chi connectivity index (χ2n) is 4.55. The van der Waals surface area contributed by atoms with Gasteiger partial charge in [0.1, 0.15) is 0 Å². The normalized spacial score (nSPS) is 11.3. The van der Waals surface area contributed by atoms with Crippen molar-refractivity contribution in [2.75, 3.05) is 0 Å². The van der Waals surface area contributed by atoms with Crippen LogP contribution in [0.5, 0.6) is 5.19 Å². The Labute approximate surface area is 123 Å². The fraction of sp³-hybridized carbons (Fsp3) is 0.231. The molecular weight excluding hydrogens is 328 g/mol. The van der Waals surface area contributed by atoms with Gasteiger partial charge in [-0.05, 0) is 17.7 Å². The third-order valence-electron chi connectivity index (χ3n) is 2.88. The standard InChI is InChI=1S/C13H13BrN2O2S/c1-13(2,8-3-5-9(14)6-4-8)10-7-19-12(16-10)18-11(15)17/h3-7H,1-2H3,(H2,15,17). The number of ether oxygens (including phenoxy) is 1. The van der Waals surface area contributed by atoms with Gasteiger partial charge in [0, 0.05) is 15.3 Å². The lowest BCUT2D eigenvalue weighted by Crippen LogP contribution is -2.20. The molecule has 4 nitrogen and oxygen atoms in total. The van der Waals surface area contributed by atoms with Crippen molar-refractivity contribution >= 4 is 33.4 Å². The van der Waals surface area contributed by atoms with Crippen molar-refractivity contribution in [2.24, 2.45) is 5.73 Å². The highest BCUT2D eigenvalue weighted by molar-refractivity contribution is 9.10. The Hall–Kier alpha value is -1.40. The summed E-state index contributed by atoms with van der Waals surface area (Å²) in [6.45, 7) is 4.14. The molecule has 0 fully saturated rings. The van der Waals surface area contributed by atoms with E-state index < -0.39 is 6.09 Å². The molecule has 6 heteroatoms. The van der Waals surface area contributed by atoms with E-state index in [4.69, 9.17) is 10.5 Å². The van der Waals surface area contributed by atoms with Crippen LogP contribution in [0.15, 0.2) is 34.1 Å². The van der Waals surface area contributed by atoms with Gasteiger partial charge in [-0.1, -0.05) is 53.2 Å². The van der Waals surface area contributed by atoms with Gasteiger partial charge in [0.15, 0.2) is 0 Å². The molecule has 0 saturated heterocycles.